The van der Waals surface area contributed by atoms with Crippen LogP contribution in [-0.2, 0) is 16.1 Å². The number of carbonyl (C=O) groups is 1. The summed E-state index contributed by atoms with van der Waals surface area (Å²) in [6.45, 7) is 0.726. The standard InChI is InChI=1S/C34H34N2O12/c1-35-12-15-10-20(43-2)27(44-3)29-22(15)18-13-45-28-23(26(18)46-29)17(14-5-4-6-16(37)9-14)11-19-24(28)36-21-7-8-33(32(41)42)30(39)25(38)31(40)34(21,47-19)48-33/h4-11,18,21,25-26,30-31,35-40H,12-13H2,1-3H3,(H,41,42)/t18-,21+,25-,26+,30-,31+,33-,34+/m0/s1. The van der Waals surface area contributed by atoms with Gasteiger partial charge >= 0.3 is 5.97 Å². The molecule has 0 aliphatic carbocycles. The largest absolute Gasteiger partial charge is 0.508 e. The summed E-state index contributed by atoms with van der Waals surface area (Å²) in [6.07, 6.45) is -3.77. The summed E-state index contributed by atoms with van der Waals surface area (Å²) in [5.74, 6) is -1.99. The average Bonchev–Trinajstić information content (AvgIpc) is 3.48. The Hall–Kier alpha value is -4.73. The second kappa shape index (κ2) is 10.6. The predicted octanol–water partition coefficient (Wildman–Crippen LogP) is 1.78. The molecular formula is C34H34N2O12. The van der Waals surface area contributed by atoms with Crippen LogP contribution in [0.2, 0.25) is 0 Å². The first kappa shape index (κ1) is 30.6. The molecule has 0 aromatic heterocycles. The number of carboxylic acids is 1. The van der Waals surface area contributed by atoms with Crippen molar-refractivity contribution in [2.24, 2.45) is 0 Å². The molecule has 2 bridgehead atoms. The molecule has 48 heavy (non-hydrogen) atoms. The van der Waals surface area contributed by atoms with Gasteiger partial charge in [-0.2, -0.15) is 0 Å². The van der Waals surface area contributed by atoms with Gasteiger partial charge < -0.3 is 64.6 Å². The molecule has 252 valence electrons. The number of hydrogen-bond acceptors (Lipinski definition) is 13. The minimum Gasteiger partial charge on any atom is -0.508 e. The maximum atomic E-state index is 12.4. The lowest BCUT2D eigenvalue weighted by Gasteiger charge is -2.57. The monoisotopic (exact) mass is 662 g/mol. The number of aliphatic carboxylic acids is 1. The number of rotatable bonds is 6. The summed E-state index contributed by atoms with van der Waals surface area (Å²) >= 11 is 0. The molecule has 3 aromatic carbocycles. The fraction of sp³-hybridized carbons (Fsp3) is 0.382. The summed E-state index contributed by atoms with van der Waals surface area (Å²) in [6, 6.07) is 9.17. The zero-order chi connectivity index (χ0) is 33.7. The lowest BCUT2D eigenvalue weighted by Crippen LogP contribution is -2.79. The Balaban J connectivity index is 1.32. The van der Waals surface area contributed by atoms with E-state index in [2.05, 4.69) is 10.6 Å². The van der Waals surface area contributed by atoms with Crippen molar-refractivity contribution >= 4 is 11.7 Å². The fourth-order valence-corrected chi connectivity index (χ4v) is 7.73. The maximum absolute atomic E-state index is 12.4. The quantitative estimate of drug-likeness (QED) is 0.189. The summed E-state index contributed by atoms with van der Waals surface area (Å²) in [7, 11) is 4.96. The van der Waals surface area contributed by atoms with Gasteiger partial charge in [0.1, 0.15) is 35.8 Å². The average molecular weight is 663 g/mol. The van der Waals surface area contributed by atoms with Gasteiger partial charge in [0.15, 0.2) is 29.1 Å². The number of fused-ring (bicyclic) bond motifs is 8. The molecule has 8 rings (SSSR count). The number of ether oxygens (including phenoxy) is 6. The van der Waals surface area contributed by atoms with Crippen molar-refractivity contribution in [2.45, 2.75) is 54.3 Å². The molecule has 0 radical (unpaired) electrons. The molecule has 1 saturated heterocycles. The van der Waals surface area contributed by atoms with Crippen LogP contribution in [0, 0.1) is 0 Å². The Bertz CT molecular complexity index is 1880. The molecule has 5 aliphatic rings. The number of nitrogens with one attached hydrogen (secondary N) is 2. The van der Waals surface area contributed by atoms with Crippen LogP contribution in [0.3, 0.4) is 0 Å². The van der Waals surface area contributed by atoms with E-state index in [0.29, 0.717) is 51.9 Å². The van der Waals surface area contributed by atoms with Crippen LogP contribution < -0.4 is 34.3 Å². The number of benzene rings is 3. The summed E-state index contributed by atoms with van der Waals surface area (Å²) in [5, 5.41) is 59.9. The molecule has 0 amide bonds. The summed E-state index contributed by atoms with van der Waals surface area (Å²) < 4.78 is 37.1. The van der Waals surface area contributed by atoms with E-state index < -0.39 is 47.8 Å². The van der Waals surface area contributed by atoms with Gasteiger partial charge in [-0.15, -0.1) is 0 Å². The Labute approximate surface area is 274 Å². The first-order valence-corrected chi connectivity index (χ1v) is 15.4. The zero-order valence-electron chi connectivity index (χ0n) is 26.1. The minimum atomic E-state index is -2.38. The molecule has 3 aromatic rings. The summed E-state index contributed by atoms with van der Waals surface area (Å²) in [4.78, 5) is 12.4. The molecular weight excluding hydrogens is 628 g/mol. The van der Waals surface area contributed by atoms with Crippen molar-refractivity contribution in [2.75, 3.05) is 33.2 Å². The van der Waals surface area contributed by atoms with Crippen LogP contribution in [0.4, 0.5) is 5.69 Å². The van der Waals surface area contributed by atoms with E-state index in [1.807, 2.05) is 13.1 Å². The number of aliphatic hydroxyl groups excluding tert-OH is 3. The number of aliphatic hydroxyl groups is 3. The third-order valence-corrected chi connectivity index (χ3v) is 9.93. The second-order valence-corrected chi connectivity index (χ2v) is 12.5. The van der Waals surface area contributed by atoms with Crippen molar-refractivity contribution in [1.29, 1.82) is 0 Å². The first-order valence-electron chi connectivity index (χ1n) is 15.4. The summed E-state index contributed by atoms with van der Waals surface area (Å²) in [5.41, 5.74) is 1.65. The molecule has 14 heteroatoms. The van der Waals surface area contributed by atoms with Crippen LogP contribution in [0.1, 0.15) is 28.7 Å². The van der Waals surface area contributed by atoms with Gasteiger partial charge in [0.05, 0.1) is 26.7 Å². The number of anilines is 1. The van der Waals surface area contributed by atoms with E-state index in [4.69, 9.17) is 28.4 Å². The third-order valence-electron chi connectivity index (χ3n) is 9.93. The second-order valence-electron chi connectivity index (χ2n) is 12.5. The third kappa shape index (κ3) is 3.94. The normalized spacial score (nSPS) is 31.7. The Morgan fingerprint density at radius 2 is 1.90 bits per heavy atom. The Morgan fingerprint density at radius 1 is 1.08 bits per heavy atom. The van der Waals surface area contributed by atoms with Gasteiger partial charge in [0.2, 0.25) is 11.4 Å². The fourth-order valence-electron chi connectivity index (χ4n) is 7.73. The highest BCUT2D eigenvalue weighted by atomic mass is 16.7. The SMILES string of the molecule is CNCc1cc(OC)c(OC)c2c1[C@@H]1COc3c4c(cc(-c5cccc(O)c5)c3[C@@H]1O2)O[C@@]12O[C@@](C(=O)O)(C=C[C@H]1N4)[C@@H](O)[C@H](O)[C@H]2O. The Kier molecular flexibility index (Phi) is 6.78. The van der Waals surface area contributed by atoms with E-state index in [1.165, 1.54) is 12.1 Å². The lowest BCUT2D eigenvalue weighted by molar-refractivity contribution is -0.356. The minimum absolute atomic E-state index is 0.00935. The van der Waals surface area contributed by atoms with Crippen LogP contribution in [0.15, 0.2) is 48.6 Å². The molecule has 1 spiro atoms. The molecule has 7 N–H and O–H groups in total. The topological polar surface area (TPSA) is 198 Å². The van der Waals surface area contributed by atoms with E-state index in [9.17, 15) is 30.3 Å². The van der Waals surface area contributed by atoms with Crippen molar-refractivity contribution < 1.29 is 58.7 Å². The van der Waals surface area contributed by atoms with Crippen molar-refractivity contribution in [3.63, 3.8) is 0 Å². The van der Waals surface area contributed by atoms with Crippen molar-refractivity contribution in [1.82, 2.24) is 5.32 Å². The van der Waals surface area contributed by atoms with Gasteiger partial charge in [-0.05, 0) is 54.1 Å². The van der Waals surface area contributed by atoms with Crippen molar-refractivity contribution in [3.8, 4) is 45.6 Å². The van der Waals surface area contributed by atoms with Crippen LogP contribution in [-0.4, -0.2) is 95.1 Å². The van der Waals surface area contributed by atoms with Crippen LogP contribution in [0.5, 0.6) is 34.5 Å². The van der Waals surface area contributed by atoms with Gasteiger partial charge in [-0.3, -0.25) is 0 Å². The number of hydrogen-bond donors (Lipinski definition) is 7. The van der Waals surface area contributed by atoms with Gasteiger partial charge in [0, 0.05) is 17.7 Å². The maximum Gasteiger partial charge on any atom is 0.343 e. The molecule has 1 fully saturated rings. The van der Waals surface area contributed by atoms with Crippen LogP contribution in [0.25, 0.3) is 11.1 Å². The van der Waals surface area contributed by atoms with Gasteiger partial charge in [0.25, 0.3) is 5.79 Å². The van der Waals surface area contributed by atoms with Gasteiger partial charge in [-0.1, -0.05) is 18.2 Å². The van der Waals surface area contributed by atoms with Crippen molar-refractivity contribution in [3.05, 3.63) is 65.2 Å². The van der Waals surface area contributed by atoms with E-state index in [0.717, 1.165) is 17.2 Å². The smallest absolute Gasteiger partial charge is 0.343 e. The van der Waals surface area contributed by atoms with E-state index in [1.54, 1.807) is 38.5 Å². The Morgan fingerprint density at radius 3 is 2.60 bits per heavy atom. The number of carboxylic acid groups (broad SMARTS) is 1. The molecule has 5 heterocycles. The molecule has 14 nitrogen and oxygen atoms in total. The van der Waals surface area contributed by atoms with E-state index >= 15 is 0 Å². The highest BCUT2D eigenvalue weighted by Gasteiger charge is 2.70. The number of methoxy groups -OCH3 is 2. The lowest BCUT2D eigenvalue weighted by atomic mass is 9.76. The van der Waals surface area contributed by atoms with Gasteiger partial charge in [-0.25, -0.2) is 4.79 Å². The number of aromatic hydroxyl groups is 1. The molecule has 0 saturated carbocycles. The highest BCUT2D eigenvalue weighted by Crippen LogP contribution is 2.62. The molecule has 0 unspecified atom stereocenters. The predicted molar refractivity (Wildman–Crippen MR) is 167 cm³/mol. The molecule has 5 aliphatic heterocycles. The van der Waals surface area contributed by atoms with E-state index in [-0.39, 0.29) is 24.0 Å². The molecule has 8 atom stereocenters. The first-order chi connectivity index (χ1) is 23.1. The van der Waals surface area contributed by atoms with Crippen LogP contribution >= 0.6 is 0 Å². The zero-order valence-corrected chi connectivity index (χ0v) is 26.1. The number of phenolic OH excluding ortho intramolecular Hbond substituents is 1. The highest BCUT2D eigenvalue weighted by molar-refractivity contribution is 5.85. The number of phenols is 1.